The van der Waals surface area contributed by atoms with Gasteiger partial charge < -0.3 is 4.42 Å². The van der Waals surface area contributed by atoms with Crippen molar-refractivity contribution in [3.63, 3.8) is 0 Å². The van der Waals surface area contributed by atoms with E-state index in [1.54, 1.807) is 0 Å². The van der Waals surface area contributed by atoms with Gasteiger partial charge in [-0.05, 0) is 17.9 Å². The number of nitrogens with zero attached hydrogens (tertiary/aromatic N) is 1. The summed E-state index contributed by atoms with van der Waals surface area (Å²) in [5, 5.41) is 0. The molecule has 0 saturated heterocycles. The van der Waals surface area contributed by atoms with Gasteiger partial charge in [-0.2, -0.15) is 0 Å². The molecule has 0 saturated carbocycles. The van der Waals surface area contributed by atoms with Crippen molar-refractivity contribution in [1.29, 1.82) is 0 Å². The summed E-state index contributed by atoms with van der Waals surface area (Å²) < 4.78 is 5.61. The summed E-state index contributed by atoms with van der Waals surface area (Å²) in [6.07, 6.45) is 0. The van der Waals surface area contributed by atoms with Gasteiger partial charge in [-0.3, -0.25) is 0 Å². The molecular weight excluding hydrogens is 210 g/mol. The van der Waals surface area contributed by atoms with Crippen LogP contribution >= 0.6 is 0 Å². The second kappa shape index (κ2) is 4.02. The van der Waals surface area contributed by atoms with E-state index < -0.39 is 0 Å². The molecule has 0 aliphatic rings. The van der Waals surface area contributed by atoms with Gasteiger partial charge in [0, 0.05) is 12.5 Å². The van der Waals surface area contributed by atoms with Crippen LogP contribution in [0.25, 0.3) is 11.3 Å². The average molecular weight is 229 g/mol. The van der Waals surface area contributed by atoms with Crippen molar-refractivity contribution in [2.45, 2.75) is 40.0 Å². The van der Waals surface area contributed by atoms with Crippen molar-refractivity contribution in [3.8, 4) is 11.3 Å². The molecule has 1 heterocycles. The van der Waals surface area contributed by atoms with E-state index in [1.807, 2.05) is 13.8 Å². The zero-order valence-electron chi connectivity index (χ0n) is 11.2. The molecule has 0 atom stereocenters. The van der Waals surface area contributed by atoms with E-state index in [9.17, 15) is 0 Å². The van der Waals surface area contributed by atoms with E-state index in [0.29, 0.717) is 0 Å². The minimum atomic E-state index is 0.185. The van der Waals surface area contributed by atoms with Crippen molar-refractivity contribution in [2.75, 3.05) is 0 Å². The zero-order valence-corrected chi connectivity index (χ0v) is 11.2. The first-order valence-electron chi connectivity index (χ1n) is 5.93. The van der Waals surface area contributed by atoms with Crippen LogP contribution in [0.15, 0.2) is 28.7 Å². The Morgan fingerprint density at radius 3 is 2.00 bits per heavy atom. The van der Waals surface area contributed by atoms with Crippen molar-refractivity contribution >= 4 is 0 Å². The Hall–Kier alpha value is -1.57. The summed E-state index contributed by atoms with van der Waals surface area (Å²) in [6.45, 7) is 10.5. The molecule has 2 rings (SSSR count). The first kappa shape index (κ1) is 11.9. The Bertz CT molecular complexity index is 515. The quantitative estimate of drug-likeness (QED) is 0.730. The van der Waals surface area contributed by atoms with Gasteiger partial charge in [0.15, 0.2) is 11.7 Å². The Kier molecular flexibility index (Phi) is 2.82. The van der Waals surface area contributed by atoms with Gasteiger partial charge in [-0.15, -0.1) is 0 Å². The normalized spacial score (nSPS) is 11.8. The third-order valence-electron chi connectivity index (χ3n) is 2.92. The minimum Gasteiger partial charge on any atom is -0.441 e. The lowest BCUT2D eigenvalue weighted by atomic mass is 9.86. The van der Waals surface area contributed by atoms with Crippen molar-refractivity contribution in [1.82, 2.24) is 4.98 Å². The lowest BCUT2D eigenvalue weighted by molar-refractivity contribution is 0.534. The van der Waals surface area contributed by atoms with E-state index in [0.717, 1.165) is 22.9 Å². The number of aryl methyl sites for hydroxylation is 2. The highest BCUT2D eigenvalue weighted by atomic mass is 16.4. The van der Waals surface area contributed by atoms with Gasteiger partial charge in [0.1, 0.15) is 0 Å². The van der Waals surface area contributed by atoms with Crippen LogP contribution in [0.4, 0.5) is 0 Å². The number of oxazole rings is 1. The van der Waals surface area contributed by atoms with E-state index in [2.05, 4.69) is 50.0 Å². The molecule has 0 amide bonds. The van der Waals surface area contributed by atoms with E-state index in [-0.39, 0.29) is 5.41 Å². The van der Waals surface area contributed by atoms with E-state index in [4.69, 9.17) is 4.42 Å². The standard InChI is InChI=1S/C15H19NO/c1-10-14(17-11(2)16-10)12-6-8-13(9-7-12)15(3,4)5/h6-9H,1-5H3. The number of hydrogen-bond acceptors (Lipinski definition) is 2. The molecule has 0 aliphatic carbocycles. The number of aromatic nitrogens is 1. The SMILES string of the molecule is Cc1nc(C)c(-c2ccc(C(C)(C)C)cc2)o1. The maximum atomic E-state index is 5.61. The van der Waals surface area contributed by atoms with Gasteiger partial charge in [-0.1, -0.05) is 45.0 Å². The molecule has 90 valence electrons. The van der Waals surface area contributed by atoms with Gasteiger partial charge in [-0.25, -0.2) is 4.98 Å². The molecular formula is C15H19NO. The minimum absolute atomic E-state index is 0.185. The molecule has 0 N–H and O–H groups in total. The van der Waals surface area contributed by atoms with Crippen LogP contribution in [0.3, 0.4) is 0 Å². The number of benzene rings is 1. The highest BCUT2D eigenvalue weighted by molar-refractivity contribution is 5.60. The van der Waals surface area contributed by atoms with Crippen LogP contribution in [0.1, 0.15) is 37.9 Å². The maximum Gasteiger partial charge on any atom is 0.192 e. The smallest absolute Gasteiger partial charge is 0.192 e. The van der Waals surface area contributed by atoms with Gasteiger partial charge in [0.2, 0.25) is 0 Å². The molecule has 0 unspecified atom stereocenters. The molecule has 0 bridgehead atoms. The lowest BCUT2D eigenvalue weighted by Gasteiger charge is -2.18. The number of hydrogen-bond donors (Lipinski definition) is 0. The molecule has 1 aromatic heterocycles. The molecule has 2 aromatic rings. The predicted octanol–water partition coefficient (Wildman–Crippen LogP) is 4.26. The van der Waals surface area contributed by atoms with Crippen LogP contribution in [-0.2, 0) is 5.41 Å². The predicted molar refractivity (Wildman–Crippen MR) is 70.1 cm³/mol. The Morgan fingerprint density at radius 1 is 1.00 bits per heavy atom. The van der Waals surface area contributed by atoms with E-state index >= 15 is 0 Å². The summed E-state index contributed by atoms with van der Waals surface area (Å²) in [5.41, 5.74) is 3.56. The Balaban J connectivity index is 2.39. The zero-order chi connectivity index (χ0) is 12.6. The van der Waals surface area contributed by atoms with Crippen molar-refractivity contribution in [2.24, 2.45) is 0 Å². The van der Waals surface area contributed by atoms with Crippen LogP contribution in [-0.4, -0.2) is 4.98 Å². The Labute approximate surface area is 103 Å². The summed E-state index contributed by atoms with van der Waals surface area (Å²) >= 11 is 0. The van der Waals surface area contributed by atoms with Crippen molar-refractivity contribution < 1.29 is 4.42 Å². The topological polar surface area (TPSA) is 26.0 Å². The molecule has 0 fully saturated rings. The van der Waals surface area contributed by atoms with Crippen LogP contribution in [0.5, 0.6) is 0 Å². The fourth-order valence-electron chi connectivity index (χ4n) is 1.92. The van der Waals surface area contributed by atoms with Gasteiger partial charge in [0.25, 0.3) is 0 Å². The molecule has 1 aromatic carbocycles. The highest BCUT2D eigenvalue weighted by Gasteiger charge is 2.14. The molecule has 0 radical (unpaired) electrons. The average Bonchev–Trinajstić information content (AvgIpc) is 2.57. The van der Waals surface area contributed by atoms with Gasteiger partial charge >= 0.3 is 0 Å². The fourth-order valence-corrected chi connectivity index (χ4v) is 1.92. The largest absolute Gasteiger partial charge is 0.441 e. The third-order valence-corrected chi connectivity index (χ3v) is 2.92. The van der Waals surface area contributed by atoms with Crippen molar-refractivity contribution in [3.05, 3.63) is 41.4 Å². The van der Waals surface area contributed by atoms with Crippen LogP contribution in [0.2, 0.25) is 0 Å². The summed E-state index contributed by atoms with van der Waals surface area (Å²) in [6, 6.07) is 8.53. The summed E-state index contributed by atoms with van der Waals surface area (Å²) in [7, 11) is 0. The maximum absolute atomic E-state index is 5.61. The van der Waals surface area contributed by atoms with Gasteiger partial charge in [0.05, 0.1) is 5.69 Å². The second-order valence-electron chi connectivity index (χ2n) is 5.47. The first-order valence-corrected chi connectivity index (χ1v) is 5.93. The van der Waals surface area contributed by atoms with Crippen LogP contribution in [0, 0.1) is 13.8 Å². The van der Waals surface area contributed by atoms with Crippen LogP contribution < -0.4 is 0 Å². The molecule has 2 nitrogen and oxygen atoms in total. The summed E-state index contributed by atoms with van der Waals surface area (Å²) in [4.78, 5) is 4.29. The third kappa shape index (κ3) is 2.41. The monoisotopic (exact) mass is 229 g/mol. The Morgan fingerprint density at radius 2 is 1.59 bits per heavy atom. The number of rotatable bonds is 1. The second-order valence-corrected chi connectivity index (χ2v) is 5.47. The first-order chi connectivity index (χ1) is 7.88. The highest BCUT2D eigenvalue weighted by Crippen LogP contribution is 2.28. The molecule has 2 heteroatoms. The van der Waals surface area contributed by atoms with E-state index in [1.165, 1.54) is 5.56 Å². The molecule has 0 aliphatic heterocycles. The fraction of sp³-hybridized carbons (Fsp3) is 0.400. The lowest BCUT2D eigenvalue weighted by Crippen LogP contribution is -2.10. The molecule has 0 spiro atoms. The summed E-state index contributed by atoms with van der Waals surface area (Å²) in [5.74, 6) is 1.60. The molecule has 17 heavy (non-hydrogen) atoms.